The second-order valence-electron chi connectivity index (χ2n) is 23.7. The Kier molecular flexibility index (Phi) is 36.2. The molecule has 0 atom stereocenters. The molecule has 8 aromatic heterocycles. The van der Waals surface area contributed by atoms with Crippen molar-refractivity contribution < 1.29 is 64.1 Å². The third-order valence-corrected chi connectivity index (χ3v) is 18.6. The molecule has 4 saturated heterocycles. The predicted molar refractivity (Wildman–Crippen MR) is 382 cm³/mol. The average molecular weight is 1390 g/mol. The molecular weight excluding hydrogens is 1290 g/mol. The number of nitrogens with one attached hydrogen (secondary N) is 1. The molecule has 12 heterocycles. The molecule has 0 amide bonds. The number of carbonyl (C=O) groups is 4. The van der Waals surface area contributed by atoms with Crippen molar-refractivity contribution in [3.63, 3.8) is 0 Å². The van der Waals surface area contributed by atoms with Crippen LogP contribution in [0.4, 0.5) is 17.1 Å². The molecule has 0 saturated carbocycles. The van der Waals surface area contributed by atoms with Gasteiger partial charge in [-0.2, -0.15) is 0 Å². The summed E-state index contributed by atoms with van der Waals surface area (Å²) in [5.74, 6) is 0.490. The number of hydrogen-bond acceptors (Lipinski definition) is 21. The number of ketones is 2. The number of nitrogens with two attached hydrogens (primary N) is 1. The number of Topliss-reactive ketones (excluding diaryl/α,β-unsaturated/α-hetero) is 2. The second kappa shape index (κ2) is 43.5. The Bertz CT molecular complexity index is 3580. The molecule has 4 aliphatic heterocycles. The standard InChI is InChI=1S/C21H30N4O.C16H19N3O2.C14H15N3O2.C8H5BrN2.C7H13NO.C6H16N2.Na.H2O/c1-3-24(4-2)14-6-8-20(26)17-10-15-25(16-11-17)19-9-13-23-21-18(19)7-5-12-22-21;1-2-21-16(20)12-6-10-19(11-7-12)14-5-9-18-15-13(14)4-3-8-17-15;18-14(19)10-4-8-17(9-5-10)12-3-7-16-13-11(12)2-1-6-15-13;9-7-3-5-11-8-6(7)2-1-4-10-8;1-6(9)7-2-4-8-5-3-7;1-3-8(4-2)6-5-7;;/h5,7,9,12-13,17H,3-4,6,8,10-11,14-16H2,1-2H3;3-5,8-9,12H,2,6-7,10-11H2,1H3;1-3,6-7,10H,4-5,8-9H2,(H,18,19);1-5H;7-8H,2-5H2,1H3;3-7H2,1-2H3;;1H2/q;;;;;;+1;/p-1. The summed E-state index contributed by atoms with van der Waals surface area (Å²) in [5, 5.41) is 16.5. The zero-order chi connectivity index (χ0) is 67.0. The van der Waals surface area contributed by atoms with Gasteiger partial charge < -0.3 is 50.9 Å². The molecule has 5 N–H and O–H groups in total. The summed E-state index contributed by atoms with van der Waals surface area (Å²) in [4.78, 5) is 91.7. The Morgan fingerprint density at radius 2 is 0.885 bits per heavy atom. The van der Waals surface area contributed by atoms with Gasteiger partial charge in [-0.1, -0.05) is 27.7 Å². The maximum Gasteiger partial charge on any atom is 1.00 e. The number of anilines is 3. The number of fused-ring (bicyclic) bond motifs is 4. The summed E-state index contributed by atoms with van der Waals surface area (Å²) >= 11 is 3.42. The summed E-state index contributed by atoms with van der Waals surface area (Å²) in [6, 6.07) is 23.8. The number of aliphatic carboxylic acids is 1. The van der Waals surface area contributed by atoms with E-state index in [1.54, 1.807) is 50.3 Å². The Morgan fingerprint density at radius 1 is 0.521 bits per heavy atom. The van der Waals surface area contributed by atoms with E-state index in [9.17, 15) is 19.2 Å². The fraction of sp³-hybridized carbons (Fsp3) is 0.500. The van der Waals surface area contributed by atoms with E-state index < -0.39 is 5.97 Å². The van der Waals surface area contributed by atoms with Crippen molar-refractivity contribution in [2.24, 2.45) is 29.4 Å². The summed E-state index contributed by atoms with van der Waals surface area (Å²) in [6.07, 6.45) is 22.9. The van der Waals surface area contributed by atoms with Gasteiger partial charge in [-0.15, -0.1) is 0 Å². The molecule has 0 spiro atoms. The number of ether oxygens (including phenoxy) is 1. The quantitative estimate of drug-likeness (QED) is 0.0542. The summed E-state index contributed by atoms with van der Waals surface area (Å²) < 4.78 is 6.15. The molecule has 4 fully saturated rings. The van der Waals surface area contributed by atoms with Crippen molar-refractivity contribution in [2.45, 2.75) is 106 Å². The SMILES string of the molecule is Brc1ccnc2ncccc12.CC(=O)C1CCNCC1.CCN(CC)CCCC(=O)C1CCN(c2ccnc3ncccc23)CC1.CCN(CC)CCN.CCOC(=O)C1CCN(c2ccnc3ncccc23)CC1.O=C(O)C1CCN(c2ccnc3ncccc23)CC1.[Na+].[OH-]. The first-order valence-electron chi connectivity index (χ1n) is 33.8. The smallest absolute Gasteiger partial charge is 0.870 e. The van der Waals surface area contributed by atoms with Crippen molar-refractivity contribution in [2.75, 3.05) is 119 Å². The number of carboxylic acids is 1. The molecule has 24 heteroatoms. The van der Waals surface area contributed by atoms with Crippen molar-refractivity contribution in [3.8, 4) is 0 Å². The van der Waals surface area contributed by atoms with Gasteiger partial charge in [0, 0.05) is 163 Å². The van der Waals surface area contributed by atoms with Crippen LogP contribution in [0.25, 0.3) is 44.1 Å². The Labute approximate surface area is 597 Å². The number of halogens is 1. The molecule has 0 aliphatic carbocycles. The third-order valence-electron chi connectivity index (χ3n) is 17.9. The van der Waals surface area contributed by atoms with Gasteiger partial charge in [0.05, 0.1) is 18.4 Å². The Morgan fingerprint density at radius 3 is 1.24 bits per heavy atom. The van der Waals surface area contributed by atoms with Gasteiger partial charge in [-0.25, -0.2) is 39.9 Å². The van der Waals surface area contributed by atoms with Crippen LogP contribution >= 0.6 is 15.9 Å². The second-order valence-corrected chi connectivity index (χ2v) is 24.6. The van der Waals surface area contributed by atoms with Gasteiger partial charge >= 0.3 is 41.5 Å². The maximum absolute atomic E-state index is 12.6. The molecule has 0 aromatic carbocycles. The van der Waals surface area contributed by atoms with Crippen molar-refractivity contribution >= 4 is 101 Å². The van der Waals surface area contributed by atoms with E-state index in [4.69, 9.17) is 15.6 Å². The molecule has 8 aromatic rings. The third kappa shape index (κ3) is 24.3. The number of piperidine rings is 4. The molecule has 96 heavy (non-hydrogen) atoms. The number of rotatable bonds is 18. The van der Waals surface area contributed by atoms with E-state index in [2.05, 4.69) is 125 Å². The van der Waals surface area contributed by atoms with E-state index in [1.807, 2.05) is 73.8 Å². The number of aromatic nitrogens is 8. The van der Waals surface area contributed by atoms with Crippen LogP contribution in [0, 0.1) is 23.7 Å². The molecule has 0 bridgehead atoms. The van der Waals surface area contributed by atoms with Crippen LogP contribution in [-0.2, 0) is 23.9 Å². The zero-order valence-corrected chi connectivity index (χ0v) is 61.0. The number of carboxylic acid groups (broad SMARTS) is 1. The van der Waals surface area contributed by atoms with Crippen molar-refractivity contribution in [1.82, 2.24) is 55.0 Å². The van der Waals surface area contributed by atoms with E-state index in [1.165, 1.54) is 5.69 Å². The summed E-state index contributed by atoms with van der Waals surface area (Å²) in [5.41, 5.74) is 11.9. The number of pyridine rings is 8. The minimum atomic E-state index is -0.680. The van der Waals surface area contributed by atoms with Crippen LogP contribution in [0.5, 0.6) is 0 Å². The minimum absolute atomic E-state index is 0. The van der Waals surface area contributed by atoms with Gasteiger partial charge in [-0.05, 0) is 206 Å². The van der Waals surface area contributed by atoms with Crippen LogP contribution in [0.1, 0.15) is 106 Å². The average Bonchev–Trinajstić information content (AvgIpc) is 0.855. The maximum atomic E-state index is 12.6. The Balaban J connectivity index is 0.000000217. The van der Waals surface area contributed by atoms with E-state index in [0.29, 0.717) is 36.9 Å². The van der Waals surface area contributed by atoms with Gasteiger partial charge in [0.1, 0.15) is 11.6 Å². The first-order valence-corrected chi connectivity index (χ1v) is 34.6. The fourth-order valence-electron chi connectivity index (χ4n) is 12.3. The Hall–Kier alpha value is -6.80. The van der Waals surface area contributed by atoms with Crippen LogP contribution in [0.15, 0.2) is 127 Å². The fourth-order valence-corrected chi connectivity index (χ4v) is 12.7. The molecule has 22 nitrogen and oxygen atoms in total. The van der Waals surface area contributed by atoms with E-state index >= 15 is 0 Å². The number of hydrogen-bond donors (Lipinski definition) is 3. The van der Waals surface area contributed by atoms with Crippen molar-refractivity contribution in [1.29, 1.82) is 0 Å². The minimum Gasteiger partial charge on any atom is -0.870 e. The first kappa shape index (κ1) is 79.9. The summed E-state index contributed by atoms with van der Waals surface area (Å²) in [6.45, 7) is 27.0. The number of likely N-dealkylation sites (N-methyl/N-ethyl adjacent to an activating group) is 1. The molecule has 0 radical (unpaired) electrons. The van der Waals surface area contributed by atoms with Crippen LogP contribution in [0.2, 0.25) is 0 Å². The normalized spacial score (nSPS) is 15.2. The molecule has 4 aliphatic rings. The molecule has 0 unspecified atom stereocenters. The van der Waals surface area contributed by atoms with Crippen molar-refractivity contribution in [3.05, 3.63) is 127 Å². The number of nitrogens with zero attached hydrogens (tertiary/aromatic N) is 13. The van der Waals surface area contributed by atoms with Crippen LogP contribution in [0.3, 0.4) is 0 Å². The number of carbonyl (C=O) groups excluding carboxylic acids is 3. The zero-order valence-electron chi connectivity index (χ0n) is 57.4. The van der Waals surface area contributed by atoms with E-state index in [-0.39, 0.29) is 58.8 Å². The van der Waals surface area contributed by atoms with Gasteiger partial charge in [0.25, 0.3) is 0 Å². The molecule has 512 valence electrons. The largest absolute Gasteiger partial charge is 1.00 e. The van der Waals surface area contributed by atoms with Gasteiger partial charge in [-0.3, -0.25) is 19.2 Å². The van der Waals surface area contributed by atoms with Crippen LogP contribution < -0.4 is 55.3 Å². The van der Waals surface area contributed by atoms with Crippen LogP contribution in [-0.4, -0.2) is 189 Å². The summed E-state index contributed by atoms with van der Waals surface area (Å²) in [7, 11) is 0. The topological polar surface area (TPSA) is 285 Å². The predicted octanol–water partition coefficient (Wildman–Crippen LogP) is 7.96. The first-order chi connectivity index (χ1) is 45.8. The van der Waals surface area contributed by atoms with Gasteiger partial charge in [0.2, 0.25) is 0 Å². The molecule has 12 rings (SSSR count). The monoisotopic (exact) mass is 1390 g/mol. The number of esters is 1. The molecular formula is C72H99BrN15NaO7. The van der Waals surface area contributed by atoms with Gasteiger partial charge in [0.15, 0.2) is 22.6 Å². The van der Waals surface area contributed by atoms with E-state index in [0.717, 1.165) is 210 Å².